The average molecular weight is 446 g/mol. The summed E-state index contributed by atoms with van der Waals surface area (Å²) in [5.41, 5.74) is 0. The van der Waals surface area contributed by atoms with Crippen LogP contribution in [0.2, 0.25) is 0 Å². The van der Waals surface area contributed by atoms with Crippen molar-refractivity contribution in [3.8, 4) is 0 Å². The van der Waals surface area contributed by atoms with E-state index in [1.54, 1.807) is 20.8 Å². The summed E-state index contributed by atoms with van der Waals surface area (Å²) in [6.07, 6.45) is 3.02. The summed E-state index contributed by atoms with van der Waals surface area (Å²) in [6.45, 7) is 12.2. The number of hydrogen-bond donors (Lipinski definition) is 0. The highest BCUT2D eigenvalue weighted by Gasteiger charge is 2.35. The summed E-state index contributed by atoms with van der Waals surface area (Å²) in [5, 5.41) is 0. The van der Waals surface area contributed by atoms with Gasteiger partial charge in [0.15, 0.2) is 18.9 Å². The normalized spacial score (nSPS) is 17.0. The largest absolute Gasteiger partial charge is 0.557 e. The molecule has 3 unspecified atom stereocenters. The van der Waals surface area contributed by atoms with E-state index in [0.717, 1.165) is 38.5 Å². The van der Waals surface area contributed by atoms with Gasteiger partial charge in [-0.3, -0.25) is 0 Å². The van der Waals surface area contributed by atoms with Crippen molar-refractivity contribution in [3.63, 3.8) is 0 Å². The van der Waals surface area contributed by atoms with Crippen molar-refractivity contribution < 1.29 is 47.5 Å². The number of phosphoric acid groups is 1. The van der Waals surface area contributed by atoms with Gasteiger partial charge in [-0.1, -0.05) is 40.0 Å². The van der Waals surface area contributed by atoms with Gasteiger partial charge in [-0.15, -0.1) is 14.0 Å². The van der Waals surface area contributed by atoms with Crippen LogP contribution in [0.5, 0.6) is 0 Å². The molecule has 0 amide bonds. The molecule has 0 aromatic carbocycles. The molecule has 0 aliphatic carbocycles. The molecule has 0 fully saturated rings. The zero-order valence-corrected chi connectivity index (χ0v) is 19.5. The number of hydrogen-bond acceptors (Lipinski definition) is 10. The van der Waals surface area contributed by atoms with Gasteiger partial charge in [0, 0.05) is 19.8 Å². The first kappa shape index (κ1) is 28.9. The van der Waals surface area contributed by atoms with E-state index in [2.05, 4.69) is 0 Å². The quantitative estimate of drug-likeness (QED) is 0.0746. The van der Waals surface area contributed by atoms with Gasteiger partial charge in [-0.2, -0.15) is 14.7 Å². The fourth-order valence-corrected chi connectivity index (χ4v) is 2.40. The van der Waals surface area contributed by atoms with E-state index in [9.17, 15) is 4.57 Å². The van der Waals surface area contributed by atoms with E-state index in [-0.39, 0.29) is 0 Å². The van der Waals surface area contributed by atoms with Crippen molar-refractivity contribution in [3.05, 3.63) is 0 Å². The average Bonchev–Trinajstić information content (AvgIpc) is 2.70. The Hall–Kier alpha value is -0.130. The summed E-state index contributed by atoms with van der Waals surface area (Å²) in [6, 6.07) is 0. The van der Waals surface area contributed by atoms with E-state index in [4.69, 9.17) is 42.9 Å². The topological polar surface area (TPSA) is 100 Å². The maximum Gasteiger partial charge on any atom is 0.557 e. The van der Waals surface area contributed by atoms with Crippen LogP contribution in [-0.2, 0) is 47.5 Å². The lowest BCUT2D eigenvalue weighted by Crippen LogP contribution is -2.19. The van der Waals surface area contributed by atoms with Gasteiger partial charge in [0.05, 0.1) is 0 Å². The monoisotopic (exact) mass is 446 g/mol. The highest BCUT2D eigenvalue weighted by atomic mass is 31.2. The molecule has 176 valence electrons. The number of unbranched alkanes of at least 4 members (excludes halogenated alkanes) is 3. The highest BCUT2D eigenvalue weighted by Crippen LogP contribution is 2.51. The summed E-state index contributed by atoms with van der Waals surface area (Å²) in [4.78, 5) is 14.8. The molecule has 0 aliphatic rings. The van der Waals surface area contributed by atoms with Gasteiger partial charge in [0.25, 0.3) is 0 Å². The number of ether oxygens (including phenoxy) is 3. The summed E-state index contributed by atoms with van der Waals surface area (Å²) >= 11 is 0. The lowest BCUT2D eigenvalue weighted by atomic mass is 10.4. The minimum atomic E-state index is -4.40. The first-order valence-corrected chi connectivity index (χ1v) is 11.8. The Morgan fingerprint density at radius 1 is 0.586 bits per heavy atom. The zero-order chi connectivity index (χ0) is 22.0. The molecule has 0 heterocycles. The first-order chi connectivity index (χ1) is 13.9. The van der Waals surface area contributed by atoms with E-state index in [1.165, 1.54) is 0 Å². The van der Waals surface area contributed by atoms with Crippen LogP contribution in [0.3, 0.4) is 0 Å². The first-order valence-electron chi connectivity index (χ1n) is 10.4. The van der Waals surface area contributed by atoms with Gasteiger partial charge < -0.3 is 14.2 Å². The molecule has 0 aromatic rings. The smallest absolute Gasteiger partial charge is 0.350 e. The molecule has 0 saturated heterocycles. The van der Waals surface area contributed by atoms with Gasteiger partial charge in [-0.05, 0) is 40.0 Å². The third-order valence-corrected chi connectivity index (χ3v) is 4.17. The Morgan fingerprint density at radius 3 is 1.10 bits per heavy atom. The summed E-state index contributed by atoms with van der Waals surface area (Å²) < 4.78 is 43.2. The van der Waals surface area contributed by atoms with Crippen molar-refractivity contribution in [1.82, 2.24) is 0 Å². The molecule has 0 bridgehead atoms. The third kappa shape index (κ3) is 17.3. The molecule has 0 aliphatic heterocycles. The van der Waals surface area contributed by atoms with E-state index < -0.39 is 26.7 Å². The minimum Gasteiger partial charge on any atom is -0.350 e. The van der Waals surface area contributed by atoms with Gasteiger partial charge >= 0.3 is 7.82 Å². The Labute approximate surface area is 174 Å². The van der Waals surface area contributed by atoms with Crippen LogP contribution in [-0.4, -0.2) is 38.7 Å². The van der Waals surface area contributed by atoms with Crippen LogP contribution in [0.4, 0.5) is 0 Å². The molecule has 10 nitrogen and oxygen atoms in total. The second kappa shape index (κ2) is 18.6. The maximum atomic E-state index is 12.7. The second-order valence-electron chi connectivity index (χ2n) is 6.34. The van der Waals surface area contributed by atoms with Crippen molar-refractivity contribution in [2.45, 2.75) is 98.9 Å². The lowest BCUT2D eigenvalue weighted by molar-refractivity contribution is -0.398. The fourth-order valence-electron chi connectivity index (χ4n) is 1.64. The Balaban J connectivity index is 4.56. The zero-order valence-electron chi connectivity index (χ0n) is 18.6. The predicted octanol–water partition coefficient (Wildman–Crippen LogP) is 5.43. The summed E-state index contributed by atoms with van der Waals surface area (Å²) in [5.74, 6) is 0. The van der Waals surface area contributed by atoms with Gasteiger partial charge in [0.2, 0.25) is 0 Å². The van der Waals surface area contributed by atoms with E-state index >= 15 is 0 Å². The Morgan fingerprint density at radius 2 is 0.862 bits per heavy atom. The molecular formula is C18H39O10P. The maximum absolute atomic E-state index is 12.7. The lowest BCUT2D eigenvalue weighted by Gasteiger charge is -2.20. The van der Waals surface area contributed by atoms with Crippen molar-refractivity contribution in [1.29, 1.82) is 0 Å². The van der Waals surface area contributed by atoms with Crippen LogP contribution in [0, 0.1) is 0 Å². The third-order valence-electron chi connectivity index (χ3n) is 3.36. The van der Waals surface area contributed by atoms with Gasteiger partial charge in [-0.25, -0.2) is 4.57 Å². The standard InChI is InChI=1S/C18H39O10P/c1-7-10-13-20-16(4)23-26-29(19,27-24-17(5)21-14-11-8-2)28-25-18(6)22-15-12-9-3/h16-18H,7-15H2,1-6H3. The van der Waals surface area contributed by atoms with E-state index in [0.29, 0.717) is 19.8 Å². The highest BCUT2D eigenvalue weighted by molar-refractivity contribution is 7.48. The molecule has 0 aromatic heterocycles. The molecule has 0 spiro atoms. The Bertz CT molecular complexity index is 355. The van der Waals surface area contributed by atoms with Crippen LogP contribution in [0.15, 0.2) is 0 Å². The summed E-state index contributed by atoms with van der Waals surface area (Å²) in [7, 11) is -4.40. The molecule has 0 saturated carbocycles. The second-order valence-corrected chi connectivity index (χ2v) is 7.68. The molecule has 29 heavy (non-hydrogen) atoms. The number of rotatable bonds is 21. The molecule has 11 heteroatoms. The fraction of sp³-hybridized carbons (Fsp3) is 1.00. The molecule has 3 atom stereocenters. The van der Waals surface area contributed by atoms with Crippen molar-refractivity contribution >= 4 is 7.82 Å². The van der Waals surface area contributed by atoms with Crippen LogP contribution >= 0.6 is 7.82 Å². The minimum absolute atomic E-state index is 0.463. The van der Waals surface area contributed by atoms with Crippen molar-refractivity contribution in [2.24, 2.45) is 0 Å². The van der Waals surface area contributed by atoms with E-state index in [1.807, 2.05) is 20.8 Å². The molecule has 0 radical (unpaired) electrons. The predicted molar refractivity (Wildman–Crippen MR) is 105 cm³/mol. The molecular weight excluding hydrogens is 407 g/mol. The van der Waals surface area contributed by atoms with Crippen molar-refractivity contribution in [2.75, 3.05) is 19.8 Å². The van der Waals surface area contributed by atoms with Crippen LogP contribution < -0.4 is 0 Å². The Kier molecular flexibility index (Phi) is 18.5. The SMILES string of the molecule is CCCCOC(C)OOP(=O)(OOC(C)OCCCC)OOC(C)OCCCC. The van der Waals surface area contributed by atoms with Crippen LogP contribution in [0.25, 0.3) is 0 Å². The van der Waals surface area contributed by atoms with Crippen LogP contribution in [0.1, 0.15) is 80.1 Å². The van der Waals surface area contributed by atoms with Gasteiger partial charge in [0.1, 0.15) is 0 Å². The molecule has 0 rings (SSSR count). The molecule has 0 N–H and O–H groups in total.